The van der Waals surface area contributed by atoms with Gasteiger partial charge in [-0.3, -0.25) is 14.1 Å². The lowest BCUT2D eigenvalue weighted by atomic mass is 10.0. The maximum absolute atomic E-state index is 12.3. The van der Waals surface area contributed by atoms with Crippen molar-refractivity contribution in [3.63, 3.8) is 0 Å². The Labute approximate surface area is 149 Å². The van der Waals surface area contributed by atoms with Gasteiger partial charge in [0.1, 0.15) is 6.04 Å². The number of ketones is 1. The molecule has 2 bridgehead atoms. The van der Waals surface area contributed by atoms with E-state index in [0.29, 0.717) is 17.9 Å². The van der Waals surface area contributed by atoms with Crippen molar-refractivity contribution in [1.29, 1.82) is 0 Å². The first-order chi connectivity index (χ1) is 12.2. The quantitative estimate of drug-likeness (QED) is 0.522. The Bertz CT molecular complexity index is 807. The summed E-state index contributed by atoms with van der Waals surface area (Å²) in [7, 11) is -4.83. The predicted octanol–water partition coefficient (Wildman–Crippen LogP) is -0.754. The molecule has 3 N–H and O–H groups in total. The SMILES string of the molecule is O=C(CNC(=O)[C@@H]1CC[C@@H]2CN1C(=O)N2OS(=O)(=O)O)Cc1ccc[nH]1. The van der Waals surface area contributed by atoms with E-state index in [1.54, 1.807) is 18.3 Å². The molecule has 0 unspecified atom stereocenters. The van der Waals surface area contributed by atoms with Gasteiger partial charge in [0.05, 0.1) is 12.6 Å². The van der Waals surface area contributed by atoms with Gasteiger partial charge in [-0.1, -0.05) is 0 Å². The molecule has 3 heterocycles. The van der Waals surface area contributed by atoms with E-state index in [1.165, 1.54) is 4.90 Å². The molecule has 0 aromatic carbocycles. The lowest BCUT2D eigenvalue weighted by Crippen LogP contribution is -2.50. The van der Waals surface area contributed by atoms with Crippen LogP contribution in [0.25, 0.3) is 0 Å². The highest BCUT2D eigenvalue weighted by Crippen LogP contribution is 2.30. The molecule has 1 aromatic rings. The first-order valence-corrected chi connectivity index (χ1v) is 9.29. The lowest BCUT2D eigenvalue weighted by Gasteiger charge is -2.29. The van der Waals surface area contributed by atoms with Crippen molar-refractivity contribution in [2.24, 2.45) is 0 Å². The molecule has 0 spiro atoms. The summed E-state index contributed by atoms with van der Waals surface area (Å²) in [5.74, 6) is -0.691. The number of nitrogens with one attached hydrogen (secondary N) is 2. The van der Waals surface area contributed by atoms with Gasteiger partial charge in [-0.15, -0.1) is 4.28 Å². The second-order valence-electron chi connectivity index (χ2n) is 6.14. The summed E-state index contributed by atoms with van der Waals surface area (Å²) in [5.41, 5.74) is 0.734. The number of nitrogens with zero attached hydrogens (tertiary/aromatic N) is 2. The zero-order chi connectivity index (χ0) is 18.9. The minimum Gasteiger partial charge on any atom is -0.365 e. The molecular weight excluding hydrogens is 368 g/mol. The predicted molar refractivity (Wildman–Crippen MR) is 85.9 cm³/mol. The number of amides is 3. The lowest BCUT2D eigenvalue weighted by molar-refractivity contribution is -0.128. The summed E-state index contributed by atoms with van der Waals surface area (Å²) in [6.07, 6.45) is 2.46. The third-order valence-electron chi connectivity index (χ3n) is 4.31. The van der Waals surface area contributed by atoms with Crippen LogP contribution in [0.3, 0.4) is 0 Å². The van der Waals surface area contributed by atoms with E-state index in [2.05, 4.69) is 14.6 Å². The second kappa shape index (κ2) is 7.05. The third-order valence-corrected chi connectivity index (χ3v) is 4.66. The number of urea groups is 1. The molecule has 2 atom stereocenters. The van der Waals surface area contributed by atoms with E-state index in [9.17, 15) is 22.8 Å². The van der Waals surface area contributed by atoms with Crippen LogP contribution in [0, 0.1) is 0 Å². The number of carbonyl (C=O) groups excluding carboxylic acids is 3. The van der Waals surface area contributed by atoms with Gasteiger partial charge in [-0.25, -0.2) is 4.79 Å². The van der Waals surface area contributed by atoms with Crippen LogP contribution in [-0.4, -0.2) is 70.8 Å². The maximum Gasteiger partial charge on any atom is 0.418 e. The normalized spacial score (nSPS) is 22.6. The largest absolute Gasteiger partial charge is 0.418 e. The molecular formula is C14H18N4O7S. The standard InChI is InChI=1S/C14H18N4O7S/c19-11(6-9-2-1-5-15-9)7-16-13(20)12-4-3-10-8-17(12)14(21)18(10)25-26(22,23)24/h1-2,5,10,12,15H,3-4,6-8H2,(H,16,20)(H,22,23,24)/t10-,12+/m1/s1. The number of hydrogen-bond donors (Lipinski definition) is 3. The molecule has 0 saturated carbocycles. The number of hydrogen-bond acceptors (Lipinski definition) is 6. The highest BCUT2D eigenvalue weighted by atomic mass is 32.3. The maximum atomic E-state index is 12.3. The van der Waals surface area contributed by atoms with Crippen molar-refractivity contribution in [2.75, 3.05) is 13.1 Å². The summed E-state index contributed by atoms with van der Waals surface area (Å²) in [4.78, 5) is 40.5. The van der Waals surface area contributed by atoms with E-state index < -0.39 is 34.4 Å². The van der Waals surface area contributed by atoms with E-state index in [0.717, 1.165) is 5.69 Å². The molecule has 0 radical (unpaired) electrons. The number of carbonyl (C=O) groups is 3. The fourth-order valence-corrected chi connectivity index (χ4v) is 3.55. The zero-order valence-corrected chi connectivity index (χ0v) is 14.4. The molecule has 2 aliphatic rings. The van der Waals surface area contributed by atoms with Gasteiger partial charge in [0.25, 0.3) is 0 Å². The molecule has 26 heavy (non-hydrogen) atoms. The van der Waals surface area contributed by atoms with Crippen LogP contribution >= 0.6 is 0 Å². The van der Waals surface area contributed by atoms with Gasteiger partial charge in [0.15, 0.2) is 5.78 Å². The number of rotatable bonds is 7. The second-order valence-corrected chi connectivity index (χ2v) is 7.14. The molecule has 2 fully saturated rings. The van der Waals surface area contributed by atoms with Gasteiger partial charge in [0.2, 0.25) is 5.91 Å². The molecule has 11 nitrogen and oxygen atoms in total. The zero-order valence-electron chi connectivity index (χ0n) is 13.6. The van der Waals surface area contributed by atoms with Crippen molar-refractivity contribution in [3.05, 3.63) is 24.0 Å². The summed E-state index contributed by atoms with van der Waals surface area (Å²) in [6.45, 7) is -0.0755. The monoisotopic (exact) mass is 386 g/mol. The Morgan fingerprint density at radius 2 is 2.15 bits per heavy atom. The summed E-state index contributed by atoms with van der Waals surface area (Å²) >= 11 is 0. The summed E-state index contributed by atoms with van der Waals surface area (Å²) < 4.78 is 34.7. The Kier molecular flexibility index (Phi) is 4.98. The van der Waals surface area contributed by atoms with Crippen LogP contribution < -0.4 is 5.32 Å². The highest BCUT2D eigenvalue weighted by Gasteiger charge is 2.49. The topological polar surface area (TPSA) is 149 Å². The van der Waals surface area contributed by atoms with Crippen LogP contribution in [0.5, 0.6) is 0 Å². The minimum absolute atomic E-state index is 0.100. The van der Waals surface area contributed by atoms with Gasteiger partial charge >= 0.3 is 16.4 Å². The molecule has 3 amide bonds. The average Bonchev–Trinajstić information content (AvgIpc) is 3.15. The van der Waals surface area contributed by atoms with Gasteiger partial charge < -0.3 is 15.2 Å². The molecule has 12 heteroatoms. The van der Waals surface area contributed by atoms with Gasteiger partial charge in [0, 0.05) is 24.9 Å². The van der Waals surface area contributed by atoms with Crippen LogP contribution in [0.2, 0.25) is 0 Å². The Morgan fingerprint density at radius 3 is 2.81 bits per heavy atom. The van der Waals surface area contributed by atoms with Crippen molar-refractivity contribution in [1.82, 2.24) is 20.3 Å². The Balaban J connectivity index is 1.56. The molecule has 3 rings (SSSR count). The van der Waals surface area contributed by atoms with Crippen molar-refractivity contribution >= 4 is 28.1 Å². The number of H-pyrrole nitrogens is 1. The third kappa shape index (κ3) is 4.03. The molecule has 1 aromatic heterocycles. The number of Topliss-reactive ketones (excluding diaryl/α,β-unsaturated/α-hetero) is 1. The van der Waals surface area contributed by atoms with Crippen LogP contribution in [0.15, 0.2) is 18.3 Å². The Hall–Kier alpha value is -2.44. The van der Waals surface area contributed by atoms with Gasteiger partial charge in [-0.2, -0.15) is 13.5 Å². The first-order valence-electron chi connectivity index (χ1n) is 7.93. The average molecular weight is 386 g/mol. The number of hydroxylamine groups is 2. The number of fused-ring (bicyclic) bond motifs is 2. The van der Waals surface area contributed by atoms with Crippen molar-refractivity contribution in [3.8, 4) is 0 Å². The van der Waals surface area contributed by atoms with E-state index in [4.69, 9.17) is 4.55 Å². The summed E-state index contributed by atoms with van der Waals surface area (Å²) in [5, 5.41) is 3.08. The number of aromatic nitrogens is 1. The van der Waals surface area contributed by atoms with Crippen molar-refractivity contribution in [2.45, 2.75) is 31.3 Å². The fourth-order valence-electron chi connectivity index (χ4n) is 3.16. The van der Waals surface area contributed by atoms with Gasteiger partial charge in [-0.05, 0) is 25.0 Å². The smallest absolute Gasteiger partial charge is 0.365 e. The van der Waals surface area contributed by atoms with E-state index >= 15 is 0 Å². The van der Waals surface area contributed by atoms with E-state index in [1.807, 2.05) is 0 Å². The molecule has 142 valence electrons. The highest BCUT2D eigenvalue weighted by molar-refractivity contribution is 7.80. The van der Waals surface area contributed by atoms with E-state index in [-0.39, 0.29) is 25.3 Å². The van der Waals surface area contributed by atoms with Crippen LogP contribution in [-0.2, 0) is 30.7 Å². The molecule has 2 aliphatic heterocycles. The minimum atomic E-state index is -4.83. The number of piperidine rings is 1. The molecule has 2 saturated heterocycles. The fraction of sp³-hybridized carbons (Fsp3) is 0.500. The van der Waals surface area contributed by atoms with Crippen LogP contribution in [0.1, 0.15) is 18.5 Å². The molecule has 0 aliphatic carbocycles. The first kappa shape index (κ1) is 18.4. The summed E-state index contributed by atoms with van der Waals surface area (Å²) in [6, 6.07) is 1.31. The number of aromatic amines is 1. The Morgan fingerprint density at radius 1 is 1.38 bits per heavy atom. The van der Waals surface area contributed by atoms with Crippen molar-refractivity contribution < 1.29 is 31.6 Å². The van der Waals surface area contributed by atoms with Crippen LogP contribution in [0.4, 0.5) is 4.79 Å².